The second kappa shape index (κ2) is 6.60. The Morgan fingerprint density at radius 1 is 0.929 bits per heavy atom. The number of aromatic hydroxyl groups is 1. The molecule has 0 aliphatic carbocycles. The molecule has 0 atom stereocenters. The first-order valence-electron chi connectivity index (χ1n) is 8.39. The third kappa shape index (κ3) is 3.26. The number of ether oxygens (including phenoxy) is 1. The Morgan fingerprint density at radius 2 is 1.68 bits per heavy atom. The van der Waals surface area contributed by atoms with E-state index in [0.29, 0.717) is 11.4 Å². The fraction of sp³-hybridized carbons (Fsp3) is 0.0952. The number of fused-ring (bicyclic) bond motifs is 1. The van der Waals surface area contributed by atoms with Gasteiger partial charge in [0.25, 0.3) is 0 Å². The first-order valence-corrected chi connectivity index (χ1v) is 8.39. The van der Waals surface area contributed by atoms with Crippen LogP contribution in [-0.2, 0) is 6.18 Å². The van der Waals surface area contributed by atoms with E-state index in [9.17, 15) is 18.3 Å². The predicted octanol–water partition coefficient (Wildman–Crippen LogP) is 5.63. The standard InChI is InChI=1S/C21H15F3N2O2/c1-28-16-6-4-12-8-14(3-2-13(12)9-16)18-11-19(26-25-18)17-10-15(21(22,23)24)5-7-20(17)27/h2-11,27H,1H3,(H,25,26). The molecule has 1 aromatic heterocycles. The number of methoxy groups -OCH3 is 1. The van der Waals surface area contributed by atoms with Crippen molar-refractivity contribution < 1.29 is 23.0 Å². The number of aromatic amines is 1. The van der Waals surface area contributed by atoms with Gasteiger partial charge in [0, 0.05) is 11.1 Å². The van der Waals surface area contributed by atoms with Crippen LogP contribution in [0.3, 0.4) is 0 Å². The van der Waals surface area contributed by atoms with Crippen LogP contribution in [0.15, 0.2) is 60.7 Å². The molecule has 0 bridgehead atoms. The molecule has 1 heterocycles. The van der Waals surface area contributed by atoms with Crippen LogP contribution < -0.4 is 4.74 Å². The Kier molecular flexibility index (Phi) is 4.22. The molecule has 28 heavy (non-hydrogen) atoms. The van der Waals surface area contributed by atoms with Gasteiger partial charge in [-0.1, -0.05) is 18.2 Å². The van der Waals surface area contributed by atoms with Gasteiger partial charge in [0.05, 0.1) is 24.1 Å². The Morgan fingerprint density at radius 3 is 2.43 bits per heavy atom. The van der Waals surface area contributed by atoms with Crippen molar-refractivity contribution in [3.05, 3.63) is 66.2 Å². The van der Waals surface area contributed by atoms with Crippen LogP contribution in [-0.4, -0.2) is 22.4 Å². The molecule has 0 unspecified atom stereocenters. The molecule has 3 aromatic carbocycles. The zero-order valence-corrected chi connectivity index (χ0v) is 14.7. The molecule has 0 aliphatic heterocycles. The largest absolute Gasteiger partial charge is 0.507 e. The SMILES string of the molecule is COc1ccc2cc(-c3cc(-c4cc(C(F)(F)F)ccc4O)[nH]n3)ccc2c1. The number of hydrogen-bond acceptors (Lipinski definition) is 3. The number of benzene rings is 3. The molecule has 0 saturated heterocycles. The van der Waals surface area contributed by atoms with Crippen molar-refractivity contribution in [3.63, 3.8) is 0 Å². The normalized spacial score (nSPS) is 11.7. The van der Waals surface area contributed by atoms with E-state index in [1.54, 1.807) is 13.2 Å². The van der Waals surface area contributed by atoms with Crippen molar-refractivity contribution in [2.45, 2.75) is 6.18 Å². The first kappa shape index (κ1) is 17.9. The van der Waals surface area contributed by atoms with Gasteiger partial charge >= 0.3 is 6.18 Å². The maximum absolute atomic E-state index is 13.0. The minimum atomic E-state index is -4.50. The number of nitrogens with one attached hydrogen (secondary N) is 1. The maximum atomic E-state index is 13.0. The number of phenols is 1. The minimum Gasteiger partial charge on any atom is -0.507 e. The molecular weight excluding hydrogens is 369 g/mol. The van der Waals surface area contributed by atoms with E-state index in [2.05, 4.69) is 10.2 Å². The first-order chi connectivity index (χ1) is 13.3. The van der Waals surface area contributed by atoms with E-state index in [-0.39, 0.29) is 11.3 Å². The van der Waals surface area contributed by atoms with Gasteiger partial charge in [-0.05, 0) is 53.2 Å². The summed E-state index contributed by atoms with van der Waals surface area (Å²) in [5.74, 6) is 0.496. The molecule has 4 nitrogen and oxygen atoms in total. The number of alkyl halides is 3. The van der Waals surface area contributed by atoms with Crippen molar-refractivity contribution >= 4 is 10.8 Å². The fourth-order valence-electron chi connectivity index (χ4n) is 3.05. The third-order valence-corrected chi connectivity index (χ3v) is 4.54. The lowest BCUT2D eigenvalue weighted by molar-refractivity contribution is -0.137. The second-order valence-electron chi connectivity index (χ2n) is 6.32. The number of H-pyrrole nitrogens is 1. The van der Waals surface area contributed by atoms with Gasteiger partial charge in [-0.25, -0.2) is 0 Å². The van der Waals surface area contributed by atoms with Gasteiger partial charge in [0.2, 0.25) is 0 Å². The highest BCUT2D eigenvalue weighted by Gasteiger charge is 2.31. The topological polar surface area (TPSA) is 58.1 Å². The zero-order valence-electron chi connectivity index (χ0n) is 14.7. The summed E-state index contributed by atoms with van der Waals surface area (Å²) in [6.07, 6.45) is -4.50. The van der Waals surface area contributed by atoms with Crippen LogP contribution in [0.4, 0.5) is 13.2 Å². The molecule has 0 aliphatic rings. The summed E-state index contributed by atoms with van der Waals surface area (Å²) < 4.78 is 44.1. The van der Waals surface area contributed by atoms with E-state index in [0.717, 1.165) is 40.3 Å². The van der Waals surface area contributed by atoms with Crippen molar-refractivity contribution in [1.29, 1.82) is 0 Å². The number of hydrogen-bond donors (Lipinski definition) is 2. The summed E-state index contributed by atoms with van der Waals surface area (Å²) in [6, 6.07) is 15.8. The van der Waals surface area contributed by atoms with Gasteiger partial charge < -0.3 is 9.84 Å². The van der Waals surface area contributed by atoms with Gasteiger partial charge in [0.1, 0.15) is 11.5 Å². The number of aromatic nitrogens is 2. The third-order valence-electron chi connectivity index (χ3n) is 4.54. The number of nitrogens with zero attached hydrogens (tertiary/aromatic N) is 1. The van der Waals surface area contributed by atoms with Gasteiger partial charge in [-0.2, -0.15) is 18.3 Å². The summed E-state index contributed by atoms with van der Waals surface area (Å²) in [6.45, 7) is 0. The van der Waals surface area contributed by atoms with Crippen LogP contribution in [0.5, 0.6) is 11.5 Å². The highest BCUT2D eigenvalue weighted by Crippen LogP contribution is 2.37. The van der Waals surface area contributed by atoms with Crippen LogP contribution in [0, 0.1) is 0 Å². The number of halogens is 3. The summed E-state index contributed by atoms with van der Waals surface area (Å²) in [5.41, 5.74) is 0.861. The predicted molar refractivity (Wildman–Crippen MR) is 100 cm³/mol. The summed E-state index contributed by atoms with van der Waals surface area (Å²) >= 11 is 0. The average molecular weight is 384 g/mol. The molecular formula is C21H15F3N2O2. The number of phenolic OH excluding ortho intramolecular Hbond substituents is 1. The van der Waals surface area contributed by atoms with Crippen molar-refractivity contribution in [3.8, 4) is 34.0 Å². The molecule has 142 valence electrons. The molecule has 0 amide bonds. The molecule has 7 heteroatoms. The molecule has 0 spiro atoms. The van der Waals surface area contributed by atoms with Crippen LogP contribution in [0.2, 0.25) is 0 Å². The average Bonchev–Trinajstić information content (AvgIpc) is 3.16. The lowest BCUT2D eigenvalue weighted by Gasteiger charge is -2.09. The lowest BCUT2D eigenvalue weighted by Crippen LogP contribution is -2.04. The van der Waals surface area contributed by atoms with Crippen LogP contribution >= 0.6 is 0 Å². The fourth-order valence-corrected chi connectivity index (χ4v) is 3.05. The quantitative estimate of drug-likeness (QED) is 0.481. The highest BCUT2D eigenvalue weighted by atomic mass is 19.4. The molecule has 0 saturated carbocycles. The van der Waals surface area contributed by atoms with Gasteiger partial charge in [0.15, 0.2) is 0 Å². The Hall–Kier alpha value is -3.48. The van der Waals surface area contributed by atoms with E-state index in [4.69, 9.17) is 4.74 Å². The molecule has 4 aromatic rings. The Labute approximate surface area is 158 Å². The Bertz CT molecular complexity index is 1170. The van der Waals surface area contributed by atoms with E-state index >= 15 is 0 Å². The second-order valence-corrected chi connectivity index (χ2v) is 6.32. The molecule has 4 rings (SSSR count). The van der Waals surface area contributed by atoms with Crippen LogP contribution in [0.25, 0.3) is 33.3 Å². The lowest BCUT2D eigenvalue weighted by atomic mass is 10.0. The zero-order chi connectivity index (χ0) is 19.9. The molecule has 0 fully saturated rings. The summed E-state index contributed by atoms with van der Waals surface area (Å²) in [5, 5.41) is 18.9. The maximum Gasteiger partial charge on any atom is 0.416 e. The van der Waals surface area contributed by atoms with Gasteiger partial charge in [-0.15, -0.1) is 0 Å². The minimum absolute atomic E-state index is 0.0408. The smallest absolute Gasteiger partial charge is 0.416 e. The summed E-state index contributed by atoms with van der Waals surface area (Å²) in [4.78, 5) is 0. The van der Waals surface area contributed by atoms with Crippen molar-refractivity contribution in [2.24, 2.45) is 0 Å². The highest BCUT2D eigenvalue weighted by molar-refractivity contribution is 5.88. The summed E-state index contributed by atoms with van der Waals surface area (Å²) in [7, 11) is 1.60. The molecule has 2 N–H and O–H groups in total. The van der Waals surface area contributed by atoms with E-state index in [1.807, 2.05) is 36.4 Å². The van der Waals surface area contributed by atoms with E-state index < -0.39 is 11.7 Å². The van der Waals surface area contributed by atoms with Gasteiger partial charge in [-0.3, -0.25) is 5.10 Å². The van der Waals surface area contributed by atoms with Crippen molar-refractivity contribution in [1.82, 2.24) is 10.2 Å². The molecule has 0 radical (unpaired) electrons. The number of rotatable bonds is 3. The Balaban J connectivity index is 1.73. The van der Waals surface area contributed by atoms with E-state index in [1.165, 1.54) is 0 Å². The monoisotopic (exact) mass is 384 g/mol. The van der Waals surface area contributed by atoms with Crippen LogP contribution in [0.1, 0.15) is 5.56 Å². The van der Waals surface area contributed by atoms with Crippen molar-refractivity contribution in [2.75, 3.05) is 7.11 Å².